The molecule has 0 aliphatic carbocycles. The van der Waals surface area contributed by atoms with E-state index in [0.717, 1.165) is 16.0 Å². The largest absolute Gasteiger partial charge is 0.399 e. The monoisotopic (exact) mass is 279 g/mol. The van der Waals surface area contributed by atoms with Gasteiger partial charge in [0.05, 0.1) is 6.04 Å². The lowest BCUT2D eigenvalue weighted by Crippen LogP contribution is -2.26. The van der Waals surface area contributed by atoms with Crippen LogP contribution in [0.4, 0.5) is 10.1 Å². The molecule has 3 N–H and O–H groups in total. The van der Waals surface area contributed by atoms with Gasteiger partial charge in [0.25, 0.3) is 5.91 Å². The highest BCUT2D eigenvalue weighted by atomic mass is 32.1. The standard InChI is InChI=1S/C13H14FN3OS/c1-7-6-16-13(19-7)8(2)17-12(18)9-3-10(14)5-11(15)4-9/h3-6,8H,15H2,1-2H3,(H,17,18). The Morgan fingerprint density at radius 1 is 1.47 bits per heavy atom. The smallest absolute Gasteiger partial charge is 0.252 e. The maximum Gasteiger partial charge on any atom is 0.252 e. The summed E-state index contributed by atoms with van der Waals surface area (Å²) in [5.41, 5.74) is 5.94. The average molecular weight is 279 g/mol. The van der Waals surface area contributed by atoms with Gasteiger partial charge in [-0.1, -0.05) is 0 Å². The van der Waals surface area contributed by atoms with Crippen molar-refractivity contribution in [3.63, 3.8) is 0 Å². The highest BCUT2D eigenvalue weighted by Crippen LogP contribution is 2.19. The summed E-state index contributed by atoms with van der Waals surface area (Å²) in [6, 6.07) is 3.55. The van der Waals surface area contributed by atoms with Gasteiger partial charge in [0.1, 0.15) is 10.8 Å². The summed E-state index contributed by atoms with van der Waals surface area (Å²) in [4.78, 5) is 17.3. The molecule has 1 atom stereocenters. The molecule has 0 bridgehead atoms. The van der Waals surface area contributed by atoms with E-state index >= 15 is 0 Å². The molecule has 100 valence electrons. The summed E-state index contributed by atoms with van der Waals surface area (Å²) >= 11 is 1.51. The van der Waals surface area contributed by atoms with Crippen molar-refractivity contribution in [1.82, 2.24) is 10.3 Å². The van der Waals surface area contributed by atoms with Gasteiger partial charge in [-0.2, -0.15) is 0 Å². The number of halogens is 1. The Balaban J connectivity index is 2.12. The third-order valence-corrected chi connectivity index (χ3v) is 3.63. The molecule has 0 spiro atoms. The lowest BCUT2D eigenvalue weighted by molar-refractivity contribution is 0.0939. The Morgan fingerprint density at radius 3 is 2.79 bits per heavy atom. The van der Waals surface area contributed by atoms with Gasteiger partial charge in [0.15, 0.2) is 0 Å². The van der Waals surface area contributed by atoms with E-state index in [1.165, 1.54) is 23.5 Å². The predicted molar refractivity (Wildman–Crippen MR) is 73.5 cm³/mol. The summed E-state index contributed by atoms with van der Waals surface area (Å²) < 4.78 is 13.2. The molecule has 0 radical (unpaired) electrons. The predicted octanol–water partition coefficient (Wildman–Crippen LogP) is 2.66. The van der Waals surface area contributed by atoms with Gasteiger partial charge in [-0.3, -0.25) is 4.79 Å². The molecule has 1 heterocycles. The zero-order valence-electron chi connectivity index (χ0n) is 10.6. The minimum atomic E-state index is -0.525. The maximum absolute atomic E-state index is 13.2. The molecule has 0 saturated heterocycles. The minimum absolute atomic E-state index is 0.206. The fourth-order valence-electron chi connectivity index (χ4n) is 1.66. The number of hydrogen-bond donors (Lipinski definition) is 2. The van der Waals surface area contributed by atoms with Gasteiger partial charge in [-0.05, 0) is 32.0 Å². The van der Waals surface area contributed by atoms with Crippen molar-refractivity contribution in [3.8, 4) is 0 Å². The molecule has 6 heteroatoms. The van der Waals surface area contributed by atoms with Crippen LogP contribution in [-0.4, -0.2) is 10.9 Å². The van der Waals surface area contributed by atoms with Crippen molar-refractivity contribution in [2.24, 2.45) is 0 Å². The van der Waals surface area contributed by atoms with E-state index in [-0.39, 0.29) is 23.2 Å². The van der Waals surface area contributed by atoms with Crippen LogP contribution in [0.3, 0.4) is 0 Å². The second kappa shape index (κ2) is 5.36. The second-order valence-electron chi connectivity index (χ2n) is 4.28. The topological polar surface area (TPSA) is 68.0 Å². The molecule has 1 amide bonds. The van der Waals surface area contributed by atoms with Crippen LogP contribution in [0.25, 0.3) is 0 Å². The number of anilines is 1. The molecular weight excluding hydrogens is 265 g/mol. The zero-order valence-corrected chi connectivity index (χ0v) is 11.4. The Morgan fingerprint density at radius 2 is 2.21 bits per heavy atom. The van der Waals surface area contributed by atoms with Crippen molar-refractivity contribution in [2.75, 3.05) is 5.73 Å². The van der Waals surface area contributed by atoms with Crippen LogP contribution >= 0.6 is 11.3 Å². The number of benzene rings is 1. The number of carbonyl (C=O) groups is 1. The highest BCUT2D eigenvalue weighted by molar-refractivity contribution is 7.11. The van der Waals surface area contributed by atoms with Gasteiger partial charge in [0, 0.05) is 22.3 Å². The van der Waals surface area contributed by atoms with Crippen LogP contribution in [0.5, 0.6) is 0 Å². The van der Waals surface area contributed by atoms with Gasteiger partial charge in [0.2, 0.25) is 0 Å². The number of nitrogen functional groups attached to an aromatic ring is 1. The molecule has 2 aromatic rings. The normalized spacial score (nSPS) is 12.2. The third kappa shape index (κ3) is 3.29. The first-order chi connectivity index (χ1) is 8.95. The number of hydrogen-bond acceptors (Lipinski definition) is 4. The van der Waals surface area contributed by atoms with Crippen molar-refractivity contribution < 1.29 is 9.18 Å². The summed E-state index contributed by atoms with van der Waals surface area (Å²) in [5.74, 6) is -0.894. The molecule has 2 rings (SSSR count). The highest BCUT2D eigenvalue weighted by Gasteiger charge is 2.15. The lowest BCUT2D eigenvalue weighted by atomic mass is 10.1. The molecular formula is C13H14FN3OS. The van der Waals surface area contributed by atoms with E-state index in [1.54, 1.807) is 6.20 Å². The number of aryl methyl sites for hydroxylation is 1. The van der Waals surface area contributed by atoms with Crippen LogP contribution in [0.1, 0.15) is 33.2 Å². The fraction of sp³-hybridized carbons (Fsp3) is 0.231. The maximum atomic E-state index is 13.2. The Labute approximate surface area is 114 Å². The molecule has 0 aliphatic heterocycles. The van der Waals surface area contributed by atoms with E-state index < -0.39 is 5.82 Å². The number of nitrogens with zero attached hydrogens (tertiary/aromatic N) is 1. The number of aromatic nitrogens is 1. The van der Waals surface area contributed by atoms with Gasteiger partial charge < -0.3 is 11.1 Å². The summed E-state index contributed by atoms with van der Waals surface area (Å²) in [7, 11) is 0. The molecule has 1 aromatic carbocycles. The number of thiazole rings is 1. The van der Waals surface area contributed by atoms with E-state index in [9.17, 15) is 9.18 Å². The van der Waals surface area contributed by atoms with E-state index in [1.807, 2.05) is 13.8 Å². The SMILES string of the molecule is Cc1cnc(C(C)NC(=O)c2cc(N)cc(F)c2)s1. The Bertz CT molecular complexity index is 591. The van der Waals surface area contributed by atoms with E-state index in [0.29, 0.717) is 0 Å². The summed E-state index contributed by atoms with van der Waals surface area (Å²) in [6.45, 7) is 3.78. The third-order valence-electron chi connectivity index (χ3n) is 2.54. The van der Waals surface area contributed by atoms with Crippen molar-refractivity contribution in [3.05, 3.63) is 45.7 Å². The van der Waals surface area contributed by atoms with Gasteiger partial charge in [-0.15, -0.1) is 11.3 Å². The molecule has 0 saturated carbocycles. The molecule has 0 fully saturated rings. The lowest BCUT2D eigenvalue weighted by Gasteiger charge is -2.11. The average Bonchev–Trinajstić information content (AvgIpc) is 2.74. The zero-order chi connectivity index (χ0) is 14.0. The number of amides is 1. The molecule has 19 heavy (non-hydrogen) atoms. The number of nitrogens with one attached hydrogen (secondary N) is 1. The van der Waals surface area contributed by atoms with Crippen LogP contribution in [0.2, 0.25) is 0 Å². The minimum Gasteiger partial charge on any atom is -0.399 e. The van der Waals surface area contributed by atoms with Gasteiger partial charge >= 0.3 is 0 Å². The van der Waals surface area contributed by atoms with Crippen LogP contribution in [0.15, 0.2) is 24.4 Å². The molecule has 0 aliphatic rings. The van der Waals surface area contributed by atoms with Crippen LogP contribution < -0.4 is 11.1 Å². The first kappa shape index (κ1) is 13.5. The van der Waals surface area contributed by atoms with Crippen molar-refractivity contribution in [2.45, 2.75) is 19.9 Å². The van der Waals surface area contributed by atoms with E-state index in [2.05, 4.69) is 10.3 Å². The van der Waals surface area contributed by atoms with Crippen LogP contribution in [0, 0.1) is 12.7 Å². The van der Waals surface area contributed by atoms with Gasteiger partial charge in [-0.25, -0.2) is 9.37 Å². The first-order valence-corrected chi connectivity index (χ1v) is 6.56. The van der Waals surface area contributed by atoms with E-state index in [4.69, 9.17) is 5.73 Å². The number of carbonyl (C=O) groups excluding carboxylic acids is 1. The molecule has 1 unspecified atom stereocenters. The summed E-state index contributed by atoms with van der Waals surface area (Å²) in [5, 5.41) is 3.58. The molecule has 1 aromatic heterocycles. The summed E-state index contributed by atoms with van der Waals surface area (Å²) in [6.07, 6.45) is 1.75. The fourth-order valence-corrected chi connectivity index (χ4v) is 2.43. The number of nitrogens with two attached hydrogens (primary N) is 1. The van der Waals surface area contributed by atoms with Crippen molar-refractivity contribution in [1.29, 1.82) is 0 Å². The molecule has 4 nitrogen and oxygen atoms in total. The Kier molecular flexibility index (Phi) is 3.80. The van der Waals surface area contributed by atoms with Crippen LogP contribution in [-0.2, 0) is 0 Å². The first-order valence-electron chi connectivity index (χ1n) is 5.75. The Hall–Kier alpha value is -1.95. The second-order valence-corrected chi connectivity index (χ2v) is 5.54. The quantitative estimate of drug-likeness (QED) is 0.849. The number of rotatable bonds is 3. The van der Waals surface area contributed by atoms with Crippen molar-refractivity contribution >= 4 is 22.9 Å².